The van der Waals surface area contributed by atoms with E-state index in [4.69, 9.17) is 5.73 Å². The van der Waals surface area contributed by atoms with Crippen molar-refractivity contribution in [3.8, 4) is 0 Å². The molecular formula is C14H16F3N3O. The number of nitrogens with zero attached hydrogens (tertiary/aromatic N) is 2. The molecule has 0 aliphatic rings. The largest absolute Gasteiger partial charge is 0.419 e. The third-order valence-corrected chi connectivity index (χ3v) is 3.38. The highest BCUT2D eigenvalue weighted by Gasteiger charge is 2.32. The van der Waals surface area contributed by atoms with Gasteiger partial charge in [0, 0.05) is 12.7 Å². The Balaban J connectivity index is 2.09. The molecule has 114 valence electrons. The van der Waals surface area contributed by atoms with E-state index in [0.29, 0.717) is 0 Å². The summed E-state index contributed by atoms with van der Waals surface area (Å²) >= 11 is 0. The number of benzene rings is 1. The molecule has 1 aromatic carbocycles. The lowest BCUT2D eigenvalue weighted by atomic mass is 9.88. The van der Waals surface area contributed by atoms with Gasteiger partial charge in [-0.1, -0.05) is 30.3 Å². The van der Waals surface area contributed by atoms with Gasteiger partial charge >= 0.3 is 6.18 Å². The van der Waals surface area contributed by atoms with Crippen LogP contribution in [-0.2, 0) is 18.3 Å². The quantitative estimate of drug-likeness (QED) is 0.889. The minimum absolute atomic E-state index is 0.183. The van der Waals surface area contributed by atoms with Gasteiger partial charge in [0.1, 0.15) is 0 Å². The number of aryl methyl sites for hydroxylation is 1. The lowest BCUT2D eigenvalue weighted by Gasteiger charge is -2.27. The first kappa shape index (κ1) is 15.5. The van der Waals surface area contributed by atoms with Crippen LogP contribution in [0.4, 0.5) is 13.2 Å². The number of halogens is 3. The average molecular weight is 299 g/mol. The molecule has 0 bridgehead atoms. The summed E-state index contributed by atoms with van der Waals surface area (Å²) < 4.78 is 38.6. The van der Waals surface area contributed by atoms with Crippen LogP contribution in [0.25, 0.3) is 0 Å². The maximum atomic E-state index is 12.5. The number of hydrogen-bond acceptors (Lipinski definition) is 3. The molecule has 3 N–H and O–H groups in total. The van der Waals surface area contributed by atoms with E-state index in [1.165, 1.54) is 4.68 Å². The molecule has 1 aromatic heterocycles. The van der Waals surface area contributed by atoms with Crippen LogP contribution in [0.3, 0.4) is 0 Å². The van der Waals surface area contributed by atoms with E-state index in [1.807, 2.05) is 6.07 Å². The van der Waals surface area contributed by atoms with E-state index in [0.717, 1.165) is 18.0 Å². The van der Waals surface area contributed by atoms with Crippen LogP contribution in [0.15, 0.2) is 42.7 Å². The number of aromatic nitrogens is 2. The first-order valence-electron chi connectivity index (χ1n) is 6.40. The lowest BCUT2D eigenvalue weighted by Crippen LogP contribution is -2.41. The van der Waals surface area contributed by atoms with Crippen LogP contribution in [0.2, 0.25) is 0 Å². The number of rotatable bonds is 5. The van der Waals surface area contributed by atoms with Crippen LogP contribution in [0.1, 0.15) is 17.5 Å². The zero-order valence-corrected chi connectivity index (χ0v) is 11.2. The van der Waals surface area contributed by atoms with Crippen molar-refractivity contribution < 1.29 is 18.3 Å². The SMILES string of the molecule is NC(CO)(CCn1cc(C(F)(F)F)cn1)c1ccccc1. The highest BCUT2D eigenvalue weighted by molar-refractivity contribution is 5.24. The second-order valence-electron chi connectivity index (χ2n) is 4.92. The number of aliphatic hydroxyl groups excluding tert-OH is 1. The summed E-state index contributed by atoms with van der Waals surface area (Å²) in [5, 5.41) is 13.2. The number of aliphatic hydroxyl groups is 1. The topological polar surface area (TPSA) is 64.1 Å². The van der Waals surface area contributed by atoms with Gasteiger partial charge in [-0.15, -0.1) is 0 Å². The summed E-state index contributed by atoms with van der Waals surface area (Å²) in [6, 6.07) is 8.97. The number of hydrogen-bond donors (Lipinski definition) is 2. The molecule has 2 aromatic rings. The Kier molecular flexibility index (Phi) is 4.34. The fourth-order valence-corrected chi connectivity index (χ4v) is 2.03. The number of alkyl halides is 3. The average Bonchev–Trinajstić information content (AvgIpc) is 2.95. The van der Waals surface area contributed by atoms with Gasteiger partial charge in [-0.3, -0.25) is 4.68 Å². The Morgan fingerprint density at radius 3 is 2.33 bits per heavy atom. The molecular weight excluding hydrogens is 283 g/mol. The third kappa shape index (κ3) is 3.62. The maximum absolute atomic E-state index is 12.5. The highest BCUT2D eigenvalue weighted by atomic mass is 19.4. The summed E-state index contributed by atoms with van der Waals surface area (Å²) in [6.07, 6.45) is -2.43. The predicted octanol–water partition coefficient (Wildman–Crippen LogP) is 2.14. The van der Waals surface area contributed by atoms with E-state index in [-0.39, 0.29) is 19.6 Å². The van der Waals surface area contributed by atoms with Crippen molar-refractivity contribution >= 4 is 0 Å². The van der Waals surface area contributed by atoms with Crippen molar-refractivity contribution in [3.05, 3.63) is 53.9 Å². The van der Waals surface area contributed by atoms with Gasteiger partial charge in [0.25, 0.3) is 0 Å². The van der Waals surface area contributed by atoms with Crippen LogP contribution < -0.4 is 5.73 Å². The van der Waals surface area contributed by atoms with Crippen molar-refractivity contribution in [2.24, 2.45) is 5.73 Å². The van der Waals surface area contributed by atoms with Crippen molar-refractivity contribution in [1.29, 1.82) is 0 Å². The Bertz CT molecular complexity index is 583. The molecule has 0 aliphatic heterocycles. The molecule has 2 rings (SSSR count). The summed E-state index contributed by atoms with van der Waals surface area (Å²) in [6.45, 7) is -0.119. The smallest absolute Gasteiger partial charge is 0.394 e. The summed E-state index contributed by atoms with van der Waals surface area (Å²) in [5.41, 5.74) is 5.07. The van der Waals surface area contributed by atoms with Gasteiger partial charge in [-0.2, -0.15) is 18.3 Å². The Labute approximate surface area is 120 Å². The van der Waals surface area contributed by atoms with Crippen molar-refractivity contribution in [1.82, 2.24) is 9.78 Å². The molecule has 0 saturated carbocycles. The van der Waals surface area contributed by atoms with Gasteiger partial charge < -0.3 is 10.8 Å². The molecule has 1 atom stereocenters. The van der Waals surface area contributed by atoms with Gasteiger partial charge in [0.05, 0.1) is 23.9 Å². The summed E-state index contributed by atoms with van der Waals surface area (Å²) in [7, 11) is 0. The van der Waals surface area contributed by atoms with E-state index >= 15 is 0 Å². The highest BCUT2D eigenvalue weighted by Crippen LogP contribution is 2.29. The fraction of sp³-hybridized carbons (Fsp3) is 0.357. The zero-order valence-electron chi connectivity index (χ0n) is 11.2. The first-order valence-corrected chi connectivity index (χ1v) is 6.40. The van der Waals surface area contributed by atoms with Crippen LogP contribution >= 0.6 is 0 Å². The second kappa shape index (κ2) is 5.87. The van der Waals surface area contributed by atoms with E-state index < -0.39 is 17.3 Å². The van der Waals surface area contributed by atoms with Gasteiger partial charge in [-0.05, 0) is 12.0 Å². The Hall–Kier alpha value is -1.86. The van der Waals surface area contributed by atoms with E-state index in [2.05, 4.69) is 5.10 Å². The van der Waals surface area contributed by atoms with Gasteiger partial charge in [0.2, 0.25) is 0 Å². The van der Waals surface area contributed by atoms with Gasteiger partial charge in [-0.25, -0.2) is 0 Å². The molecule has 1 heterocycles. The standard InChI is InChI=1S/C14H16F3N3O/c15-14(16,17)12-8-19-20(9-12)7-6-13(18,10-21)11-4-2-1-3-5-11/h1-5,8-9,21H,6-7,10,18H2. The molecule has 7 heteroatoms. The maximum Gasteiger partial charge on any atom is 0.419 e. The summed E-state index contributed by atoms with van der Waals surface area (Å²) in [5.74, 6) is 0. The molecule has 0 spiro atoms. The van der Waals surface area contributed by atoms with Crippen molar-refractivity contribution in [2.45, 2.75) is 24.7 Å². The first-order chi connectivity index (χ1) is 9.85. The number of nitrogens with two attached hydrogens (primary N) is 1. The van der Waals surface area contributed by atoms with Crippen LogP contribution in [0.5, 0.6) is 0 Å². The molecule has 0 fully saturated rings. The van der Waals surface area contributed by atoms with Crippen molar-refractivity contribution in [3.63, 3.8) is 0 Å². The van der Waals surface area contributed by atoms with E-state index in [1.54, 1.807) is 24.3 Å². The van der Waals surface area contributed by atoms with Crippen LogP contribution in [-0.4, -0.2) is 21.5 Å². The normalized spacial score (nSPS) is 14.9. The minimum atomic E-state index is -4.41. The monoisotopic (exact) mass is 299 g/mol. The second-order valence-corrected chi connectivity index (χ2v) is 4.92. The third-order valence-electron chi connectivity index (χ3n) is 3.38. The lowest BCUT2D eigenvalue weighted by molar-refractivity contribution is -0.137. The summed E-state index contributed by atoms with van der Waals surface area (Å²) in [4.78, 5) is 0. The molecule has 0 radical (unpaired) electrons. The molecule has 4 nitrogen and oxygen atoms in total. The van der Waals surface area contributed by atoms with Gasteiger partial charge in [0.15, 0.2) is 0 Å². The molecule has 0 amide bonds. The predicted molar refractivity (Wildman–Crippen MR) is 71.2 cm³/mol. The van der Waals surface area contributed by atoms with Crippen LogP contribution in [0, 0.1) is 0 Å². The Morgan fingerprint density at radius 2 is 1.81 bits per heavy atom. The fourth-order valence-electron chi connectivity index (χ4n) is 2.03. The molecule has 0 aliphatic carbocycles. The molecule has 0 saturated heterocycles. The Morgan fingerprint density at radius 1 is 1.14 bits per heavy atom. The zero-order chi connectivity index (χ0) is 15.5. The minimum Gasteiger partial charge on any atom is -0.394 e. The molecule has 21 heavy (non-hydrogen) atoms. The van der Waals surface area contributed by atoms with Crippen molar-refractivity contribution in [2.75, 3.05) is 6.61 Å². The molecule has 1 unspecified atom stereocenters. The van der Waals surface area contributed by atoms with E-state index in [9.17, 15) is 18.3 Å².